The van der Waals surface area contributed by atoms with Crippen LogP contribution in [0.5, 0.6) is 0 Å². The number of rotatable bonds is 5. The number of hydrogen-bond donors (Lipinski definition) is 2. The summed E-state index contributed by atoms with van der Waals surface area (Å²) in [6, 6.07) is 4.25. The molecule has 2 atom stereocenters. The molecule has 96 valence electrons. The fourth-order valence-corrected chi connectivity index (χ4v) is 2.46. The molecule has 3 heteroatoms. The second-order valence-electron chi connectivity index (χ2n) is 4.61. The minimum Gasteiger partial charge on any atom is -0.390 e. The van der Waals surface area contributed by atoms with Gasteiger partial charge in [-0.3, -0.25) is 0 Å². The van der Waals surface area contributed by atoms with E-state index < -0.39 is 12.2 Å². The first-order valence-electron chi connectivity index (χ1n) is 6.07. The third-order valence-electron chi connectivity index (χ3n) is 3.23. The molecule has 0 saturated heterocycles. The average molecular weight is 301 g/mol. The van der Waals surface area contributed by atoms with Gasteiger partial charge in [0.2, 0.25) is 0 Å². The van der Waals surface area contributed by atoms with Crippen LogP contribution < -0.4 is 0 Å². The number of aliphatic hydroxyl groups is 2. The number of aryl methyl sites for hydroxylation is 3. The van der Waals surface area contributed by atoms with Crippen LogP contribution in [0.15, 0.2) is 16.6 Å². The average Bonchev–Trinajstić information content (AvgIpc) is 2.30. The summed E-state index contributed by atoms with van der Waals surface area (Å²) in [5, 5.41) is 19.2. The van der Waals surface area contributed by atoms with Crippen molar-refractivity contribution in [3.05, 3.63) is 33.3 Å². The van der Waals surface area contributed by atoms with Crippen LogP contribution >= 0.6 is 15.9 Å². The number of hydrogen-bond acceptors (Lipinski definition) is 2. The summed E-state index contributed by atoms with van der Waals surface area (Å²) in [4.78, 5) is 0. The summed E-state index contributed by atoms with van der Waals surface area (Å²) in [7, 11) is 0. The van der Waals surface area contributed by atoms with Gasteiger partial charge in [-0.2, -0.15) is 0 Å². The summed E-state index contributed by atoms with van der Waals surface area (Å²) in [5.41, 5.74) is 3.71. The Morgan fingerprint density at radius 2 is 1.71 bits per heavy atom. The van der Waals surface area contributed by atoms with Crippen LogP contribution in [0.25, 0.3) is 0 Å². The molecule has 0 bridgehead atoms. The van der Waals surface area contributed by atoms with E-state index in [0.29, 0.717) is 12.8 Å². The van der Waals surface area contributed by atoms with Crippen LogP contribution in [0.2, 0.25) is 0 Å². The molecule has 1 aromatic rings. The van der Waals surface area contributed by atoms with E-state index in [9.17, 15) is 10.2 Å². The minimum absolute atomic E-state index is 0.593. The minimum atomic E-state index is -0.631. The third-order valence-corrected chi connectivity index (χ3v) is 3.97. The Balaban J connectivity index is 2.66. The first-order valence-corrected chi connectivity index (χ1v) is 6.86. The zero-order chi connectivity index (χ0) is 13.0. The summed E-state index contributed by atoms with van der Waals surface area (Å²) < 4.78 is 1.08. The summed E-state index contributed by atoms with van der Waals surface area (Å²) >= 11 is 3.54. The largest absolute Gasteiger partial charge is 0.390 e. The molecule has 1 aromatic carbocycles. The molecule has 0 aliphatic carbocycles. The molecule has 0 radical (unpaired) electrons. The SMILES string of the molecule is CCC(O)C(O)CCc1cc(C)c(C)cc1Br. The lowest BCUT2D eigenvalue weighted by Gasteiger charge is -2.16. The molecule has 0 fully saturated rings. The molecule has 2 N–H and O–H groups in total. The van der Waals surface area contributed by atoms with Crippen molar-refractivity contribution < 1.29 is 10.2 Å². The van der Waals surface area contributed by atoms with E-state index in [2.05, 4.69) is 41.9 Å². The zero-order valence-electron chi connectivity index (χ0n) is 10.7. The van der Waals surface area contributed by atoms with Gasteiger partial charge in [0.15, 0.2) is 0 Å². The van der Waals surface area contributed by atoms with Gasteiger partial charge in [0.05, 0.1) is 12.2 Å². The Morgan fingerprint density at radius 3 is 2.29 bits per heavy atom. The van der Waals surface area contributed by atoms with Crippen molar-refractivity contribution in [1.82, 2.24) is 0 Å². The van der Waals surface area contributed by atoms with E-state index in [1.807, 2.05) is 6.92 Å². The monoisotopic (exact) mass is 300 g/mol. The Kier molecular flexibility index (Phi) is 5.63. The first kappa shape index (κ1) is 14.7. The molecule has 0 spiro atoms. The smallest absolute Gasteiger partial charge is 0.0802 e. The van der Waals surface area contributed by atoms with Crippen molar-refractivity contribution >= 4 is 15.9 Å². The van der Waals surface area contributed by atoms with Crippen molar-refractivity contribution in [1.29, 1.82) is 0 Å². The molecule has 0 aromatic heterocycles. The summed E-state index contributed by atoms with van der Waals surface area (Å²) in [5.74, 6) is 0. The van der Waals surface area contributed by atoms with Crippen molar-refractivity contribution in [3.63, 3.8) is 0 Å². The van der Waals surface area contributed by atoms with Crippen molar-refractivity contribution in [3.8, 4) is 0 Å². The highest BCUT2D eigenvalue weighted by molar-refractivity contribution is 9.10. The number of benzene rings is 1. The lowest BCUT2D eigenvalue weighted by atomic mass is 9.99. The Bertz CT molecular complexity index is 377. The van der Waals surface area contributed by atoms with E-state index >= 15 is 0 Å². The third kappa shape index (κ3) is 4.09. The lowest BCUT2D eigenvalue weighted by molar-refractivity contribution is 0.0130. The molecular formula is C14H21BrO2. The highest BCUT2D eigenvalue weighted by Gasteiger charge is 2.14. The van der Waals surface area contributed by atoms with Gasteiger partial charge in [0.25, 0.3) is 0 Å². The topological polar surface area (TPSA) is 40.5 Å². The molecule has 0 aliphatic rings. The predicted molar refractivity (Wildman–Crippen MR) is 74.2 cm³/mol. The van der Waals surface area contributed by atoms with Crippen molar-refractivity contribution in [2.75, 3.05) is 0 Å². The second-order valence-corrected chi connectivity index (χ2v) is 5.46. The molecule has 17 heavy (non-hydrogen) atoms. The highest BCUT2D eigenvalue weighted by Crippen LogP contribution is 2.23. The fraction of sp³-hybridized carbons (Fsp3) is 0.571. The van der Waals surface area contributed by atoms with Gasteiger partial charge in [-0.1, -0.05) is 28.9 Å². The normalized spacial score (nSPS) is 14.7. The molecule has 2 unspecified atom stereocenters. The molecule has 0 aliphatic heterocycles. The maximum atomic E-state index is 9.73. The first-order chi connectivity index (χ1) is 7.95. The van der Waals surface area contributed by atoms with Crippen LogP contribution in [0, 0.1) is 13.8 Å². The van der Waals surface area contributed by atoms with E-state index in [0.717, 1.165) is 10.9 Å². The quantitative estimate of drug-likeness (QED) is 0.877. The predicted octanol–water partition coefficient (Wildman–Crippen LogP) is 3.13. The van der Waals surface area contributed by atoms with E-state index in [4.69, 9.17) is 0 Å². The van der Waals surface area contributed by atoms with Gasteiger partial charge in [0.1, 0.15) is 0 Å². The van der Waals surface area contributed by atoms with Crippen LogP contribution in [0.4, 0.5) is 0 Å². The zero-order valence-corrected chi connectivity index (χ0v) is 12.3. The van der Waals surface area contributed by atoms with Crippen molar-refractivity contribution in [2.24, 2.45) is 0 Å². The standard InChI is InChI=1S/C14H21BrO2/c1-4-13(16)14(17)6-5-11-7-9(2)10(3)8-12(11)15/h7-8,13-14,16-17H,4-6H2,1-3H3. The Morgan fingerprint density at radius 1 is 1.12 bits per heavy atom. The van der Waals surface area contributed by atoms with Crippen LogP contribution in [0.3, 0.4) is 0 Å². The van der Waals surface area contributed by atoms with E-state index in [-0.39, 0.29) is 0 Å². The van der Waals surface area contributed by atoms with Gasteiger partial charge in [-0.05, 0) is 55.9 Å². The van der Waals surface area contributed by atoms with Gasteiger partial charge in [-0.25, -0.2) is 0 Å². The Hall–Kier alpha value is -0.380. The summed E-state index contributed by atoms with van der Waals surface area (Å²) in [6.07, 6.45) is 0.722. The molecule has 0 amide bonds. The van der Waals surface area contributed by atoms with Crippen LogP contribution in [0.1, 0.15) is 36.5 Å². The molecule has 0 saturated carbocycles. The number of aliphatic hydroxyl groups excluding tert-OH is 2. The highest BCUT2D eigenvalue weighted by atomic mass is 79.9. The molecule has 0 heterocycles. The maximum Gasteiger partial charge on any atom is 0.0802 e. The summed E-state index contributed by atoms with van der Waals surface area (Å²) in [6.45, 7) is 6.04. The fourth-order valence-electron chi connectivity index (χ4n) is 1.80. The van der Waals surface area contributed by atoms with E-state index in [1.54, 1.807) is 0 Å². The maximum absolute atomic E-state index is 9.73. The Labute approximate surface area is 112 Å². The van der Waals surface area contributed by atoms with Crippen LogP contribution in [-0.4, -0.2) is 22.4 Å². The lowest BCUT2D eigenvalue weighted by Crippen LogP contribution is -2.25. The molecule has 2 nitrogen and oxygen atoms in total. The number of halogens is 1. The van der Waals surface area contributed by atoms with E-state index in [1.165, 1.54) is 16.7 Å². The second kappa shape index (κ2) is 6.53. The van der Waals surface area contributed by atoms with Gasteiger partial charge in [-0.15, -0.1) is 0 Å². The molecular weight excluding hydrogens is 280 g/mol. The van der Waals surface area contributed by atoms with Gasteiger partial charge >= 0.3 is 0 Å². The molecule has 1 rings (SSSR count). The van der Waals surface area contributed by atoms with Gasteiger partial charge < -0.3 is 10.2 Å². The van der Waals surface area contributed by atoms with Crippen LogP contribution in [-0.2, 0) is 6.42 Å². The van der Waals surface area contributed by atoms with Crippen molar-refractivity contribution in [2.45, 2.75) is 52.2 Å². The van der Waals surface area contributed by atoms with Gasteiger partial charge in [0, 0.05) is 4.47 Å².